The number of nitrogens with one attached hydrogen (secondary N) is 3. The van der Waals surface area contributed by atoms with Crippen LogP contribution in [0.1, 0.15) is 5.69 Å². The van der Waals surface area contributed by atoms with Crippen molar-refractivity contribution in [3.63, 3.8) is 0 Å². The van der Waals surface area contributed by atoms with Crippen LogP contribution in [0, 0.1) is 0 Å². The summed E-state index contributed by atoms with van der Waals surface area (Å²) in [5.41, 5.74) is 0.515. The first kappa shape index (κ1) is 15.9. The zero-order valence-corrected chi connectivity index (χ0v) is 11.6. The molecule has 1 atom stereocenters. The Balaban J connectivity index is 2.79. The van der Waals surface area contributed by atoms with Crippen molar-refractivity contribution in [3.05, 3.63) is 18.2 Å². The van der Waals surface area contributed by atoms with Crippen molar-refractivity contribution in [1.82, 2.24) is 19.4 Å². The summed E-state index contributed by atoms with van der Waals surface area (Å²) in [6.07, 6.45) is 1.61. The lowest BCUT2D eigenvalue weighted by Gasteiger charge is -2.15. The van der Waals surface area contributed by atoms with Gasteiger partial charge in [0.25, 0.3) is 0 Å². The van der Waals surface area contributed by atoms with Crippen LogP contribution < -0.4 is 9.44 Å². The third kappa shape index (κ3) is 4.85. The second kappa shape index (κ2) is 6.86. The molecule has 11 heteroatoms. The van der Waals surface area contributed by atoms with E-state index in [0.29, 0.717) is 5.69 Å². The molecule has 1 heterocycles. The number of esters is 1. The average molecular weight is 306 g/mol. The van der Waals surface area contributed by atoms with Crippen molar-refractivity contribution in [2.75, 3.05) is 14.2 Å². The van der Waals surface area contributed by atoms with Gasteiger partial charge in [-0.1, -0.05) is 0 Å². The van der Waals surface area contributed by atoms with Crippen molar-refractivity contribution in [1.29, 1.82) is 0 Å². The van der Waals surface area contributed by atoms with Crippen molar-refractivity contribution < 1.29 is 27.5 Å². The topological polar surface area (TPSA) is 139 Å². The van der Waals surface area contributed by atoms with E-state index in [1.807, 2.05) is 4.72 Å². The predicted molar refractivity (Wildman–Crippen MR) is 65.7 cm³/mol. The number of imidazole rings is 1. The maximum atomic E-state index is 11.6. The van der Waals surface area contributed by atoms with Crippen LogP contribution in [-0.2, 0) is 30.9 Å². The molecule has 0 aromatic carbocycles. The second-order valence-corrected chi connectivity index (χ2v) is 5.02. The lowest BCUT2D eigenvalue weighted by molar-refractivity contribution is -0.142. The highest BCUT2D eigenvalue weighted by Gasteiger charge is 2.27. The first-order valence-corrected chi connectivity index (χ1v) is 6.79. The first-order valence-electron chi connectivity index (χ1n) is 5.31. The van der Waals surface area contributed by atoms with Crippen LogP contribution in [0.3, 0.4) is 0 Å². The van der Waals surface area contributed by atoms with Gasteiger partial charge in [0.05, 0.1) is 20.5 Å². The zero-order chi connectivity index (χ0) is 15.2. The predicted octanol–water partition coefficient (Wildman–Crippen LogP) is -1.32. The molecule has 0 saturated heterocycles. The molecule has 0 saturated carbocycles. The minimum Gasteiger partial charge on any atom is -0.468 e. The van der Waals surface area contributed by atoms with Crippen LogP contribution in [-0.4, -0.2) is 50.7 Å². The molecule has 112 valence electrons. The minimum atomic E-state index is -4.26. The largest absolute Gasteiger partial charge is 0.468 e. The normalized spacial score (nSPS) is 12.5. The standard InChI is InChI=1S/C9H14N4O6S/c1-18-8(14)7(3-6-4-10-5-11-6)12-20(16,17)13-9(15)19-2/h4-5,7,12H,3H2,1-2H3,(H,10,11)(H,13,15)/t7-/m0/s1. The molecular formula is C9H14N4O6S. The number of H-pyrrole nitrogens is 1. The number of carbonyl (C=O) groups is 2. The molecule has 0 radical (unpaired) electrons. The summed E-state index contributed by atoms with van der Waals surface area (Å²) in [6.45, 7) is 0. The van der Waals surface area contributed by atoms with Gasteiger partial charge >= 0.3 is 22.3 Å². The summed E-state index contributed by atoms with van der Waals surface area (Å²) in [5.74, 6) is -0.810. The minimum absolute atomic E-state index is 0.0191. The Morgan fingerprint density at radius 1 is 1.40 bits per heavy atom. The van der Waals surface area contributed by atoms with Gasteiger partial charge in [0.1, 0.15) is 6.04 Å². The highest BCUT2D eigenvalue weighted by molar-refractivity contribution is 7.88. The van der Waals surface area contributed by atoms with Crippen molar-refractivity contribution in [3.8, 4) is 0 Å². The van der Waals surface area contributed by atoms with E-state index in [1.165, 1.54) is 12.5 Å². The lowest BCUT2D eigenvalue weighted by Crippen LogP contribution is -2.49. The number of ether oxygens (including phenoxy) is 2. The van der Waals surface area contributed by atoms with Gasteiger partial charge in [-0.05, 0) is 0 Å². The molecule has 0 aliphatic heterocycles. The van der Waals surface area contributed by atoms with E-state index in [2.05, 4.69) is 19.4 Å². The van der Waals surface area contributed by atoms with Gasteiger partial charge in [-0.2, -0.15) is 13.1 Å². The molecule has 3 N–H and O–H groups in total. The summed E-state index contributed by atoms with van der Waals surface area (Å²) in [5, 5.41) is 0. The van der Waals surface area contributed by atoms with Crippen molar-refractivity contribution in [2.45, 2.75) is 12.5 Å². The Bertz CT molecular complexity index is 555. The van der Waals surface area contributed by atoms with Crippen LogP contribution in [0.2, 0.25) is 0 Å². The molecule has 1 aromatic rings. The Hall–Kier alpha value is -2.14. The molecule has 20 heavy (non-hydrogen) atoms. The number of nitrogens with zero attached hydrogens (tertiary/aromatic N) is 1. The lowest BCUT2D eigenvalue weighted by atomic mass is 10.2. The van der Waals surface area contributed by atoms with Gasteiger partial charge in [0, 0.05) is 18.3 Å². The molecular weight excluding hydrogens is 292 g/mol. The van der Waals surface area contributed by atoms with Crippen LogP contribution in [0.15, 0.2) is 12.5 Å². The molecule has 1 aromatic heterocycles. The first-order chi connectivity index (χ1) is 9.38. The molecule has 1 amide bonds. The molecule has 0 unspecified atom stereocenters. The van der Waals surface area contributed by atoms with E-state index in [-0.39, 0.29) is 6.42 Å². The molecule has 0 aliphatic carbocycles. The summed E-state index contributed by atoms with van der Waals surface area (Å²) in [4.78, 5) is 28.9. The fourth-order valence-corrected chi connectivity index (χ4v) is 2.22. The van der Waals surface area contributed by atoms with Crippen LogP contribution >= 0.6 is 0 Å². The number of hydrogen-bond acceptors (Lipinski definition) is 7. The number of hydrogen-bond donors (Lipinski definition) is 3. The molecule has 0 fully saturated rings. The van der Waals surface area contributed by atoms with E-state index in [9.17, 15) is 18.0 Å². The summed E-state index contributed by atoms with van der Waals surface area (Å²) >= 11 is 0. The zero-order valence-electron chi connectivity index (χ0n) is 10.7. The van der Waals surface area contributed by atoms with Crippen molar-refractivity contribution >= 4 is 22.3 Å². The number of amides is 1. The number of methoxy groups -OCH3 is 2. The monoisotopic (exact) mass is 306 g/mol. The SMILES string of the molecule is COC(=O)NS(=O)(=O)N[C@@H](Cc1cnc[nH]1)C(=O)OC. The van der Waals surface area contributed by atoms with E-state index >= 15 is 0 Å². The van der Waals surface area contributed by atoms with Crippen LogP contribution in [0.4, 0.5) is 4.79 Å². The summed E-state index contributed by atoms with van der Waals surface area (Å²) in [7, 11) is -2.14. The molecule has 0 spiro atoms. The Labute approximate surface area is 115 Å². The highest BCUT2D eigenvalue weighted by atomic mass is 32.2. The molecule has 1 rings (SSSR count). The van der Waals surface area contributed by atoms with Gasteiger partial charge in [0.2, 0.25) is 0 Å². The number of rotatable bonds is 6. The molecule has 0 aliphatic rings. The molecule has 0 bridgehead atoms. The van der Waals surface area contributed by atoms with Crippen molar-refractivity contribution in [2.24, 2.45) is 0 Å². The fourth-order valence-electron chi connectivity index (χ4n) is 1.30. The van der Waals surface area contributed by atoms with Gasteiger partial charge in [-0.3, -0.25) is 4.79 Å². The number of aromatic amines is 1. The van der Waals surface area contributed by atoms with E-state index in [0.717, 1.165) is 14.2 Å². The Kier molecular flexibility index (Phi) is 5.46. The third-order valence-electron chi connectivity index (χ3n) is 2.17. The third-order valence-corrected chi connectivity index (χ3v) is 3.20. The highest BCUT2D eigenvalue weighted by Crippen LogP contribution is 2.01. The second-order valence-electron chi connectivity index (χ2n) is 3.57. The quantitative estimate of drug-likeness (QED) is 0.554. The van der Waals surface area contributed by atoms with Gasteiger partial charge in [-0.15, -0.1) is 0 Å². The molecule has 10 nitrogen and oxygen atoms in total. The maximum absolute atomic E-state index is 11.6. The maximum Gasteiger partial charge on any atom is 0.421 e. The van der Waals surface area contributed by atoms with Gasteiger partial charge in [0.15, 0.2) is 0 Å². The van der Waals surface area contributed by atoms with Gasteiger partial charge < -0.3 is 14.5 Å². The number of aromatic nitrogens is 2. The number of carbonyl (C=O) groups excluding carboxylic acids is 2. The van der Waals surface area contributed by atoms with E-state index in [1.54, 1.807) is 4.72 Å². The Morgan fingerprint density at radius 2 is 2.10 bits per heavy atom. The Morgan fingerprint density at radius 3 is 2.60 bits per heavy atom. The van der Waals surface area contributed by atoms with Crippen LogP contribution in [0.5, 0.6) is 0 Å². The van der Waals surface area contributed by atoms with E-state index in [4.69, 9.17) is 0 Å². The average Bonchev–Trinajstić information content (AvgIpc) is 2.88. The smallest absolute Gasteiger partial charge is 0.421 e. The van der Waals surface area contributed by atoms with Gasteiger partial charge in [-0.25, -0.2) is 14.5 Å². The fraction of sp³-hybridized carbons (Fsp3) is 0.444. The summed E-state index contributed by atoms with van der Waals surface area (Å²) in [6, 6.07) is -1.22. The summed E-state index contributed by atoms with van der Waals surface area (Å²) < 4.78 is 35.4. The van der Waals surface area contributed by atoms with E-state index < -0.39 is 28.3 Å². The van der Waals surface area contributed by atoms with Crippen LogP contribution in [0.25, 0.3) is 0 Å².